The molecule has 1 N–H and O–H groups in total. The first-order chi connectivity index (χ1) is 10.1. The minimum Gasteiger partial charge on any atom is -0.310 e. The molecule has 0 atom stereocenters. The van der Waals surface area contributed by atoms with Gasteiger partial charge in [-0.15, -0.1) is 11.8 Å². The van der Waals surface area contributed by atoms with Crippen LogP contribution in [-0.4, -0.2) is 6.04 Å². The maximum Gasteiger partial charge on any atom is 0.0237 e. The molecule has 0 saturated carbocycles. The first-order valence-corrected chi connectivity index (χ1v) is 8.55. The van der Waals surface area contributed by atoms with E-state index in [1.165, 1.54) is 27.1 Å². The third-order valence-electron chi connectivity index (χ3n) is 3.67. The first kappa shape index (κ1) is 16.1. The van der Waals surface area contributed by atoms with Crippen LogP contribution in [0.1, 0.15) is 36.1 Å². The molecule has 0 unspecified atom stereocenters. The zero-order valence-corrected chi connectivity index (χ0v) is 14.3. The number of rotatable bonds is 6. The second-order valence-corrected chi connectivity index (χ2v) is 6.89. The maximum atomic E-state index is 3.45. The molecule has 2 aromatic rings. The molecule has 0 saturated heterocycles. The number of aryl methyl sites for hydroxylation is 2. The molecular weight excluding hydrogens is 274 g/mol. The van der Waals surface area contributed by atoms with E-state index in [9.17, 15) is 0 Å². The van der Waals surface area contributed by atoms with Crippen molar-refractivity contribution in [3.05, 3.63) is 64.7 Å². The van der Waals surface area contributed by atoms with Crippen LogP contribution in [0.25, 0.3) is 0 Å². The quantitative estimate of drug-likeness (QED) is 0.745. The molecule has 0 aromatic heterocycles. The van der Waals surface area contributed by atoms with E-state index in [1.54, 1.807) is 0 Å². The van der Waals surface area contributed by atoms with Gasteiger partial charge in [-0.25, -0.2) is 0 Å². The first-order valence-electron chi connectivity index (χ1n) is 7.56. The molecule has 0 spiro atoms. The van der Waals surface area contributed by atoms with Gasteiger partial charge in [-0.1, -0.05) is 44.2 Å². The highest BCUT2D eigenvalue weighted by Gasteiger charge is 2.03. The largest absolute Gasteiger partial charge is 0.310 e. The minimum absolute atomic E-state index is 0.531. The van der Waals surface area contributed by atoms with Gasteiger partial charge in [0.15, 0.2) is 0 Å². The van der Waals surface area contributed by atoms with Gasteiger partial charge in [0.1, 0.15) is 0 Å². The molecule has 0 aliphatic carbocycles. The van der Waals surface area contributed by atoms with Crippen LogP contribution in [0.15, 0.2) is 47.4 Å². The number of thioether (sulfide) groups is 1. The Labute approximate surface area is 133 Å². The summed E-state index contributed by atoms with van der Waals surface area (Å²) < 4.78 is 0. The average Bonchev–Trinajstić information content (AvgIpc) is 2.46. The van der Waals surface area contributed by atoms with E-state index < -0.39 is 0 Å². The van der Waals surface area contributed by atoms with Crippen molar-refractivity contribution >= 4 is 11.8 Å². The lowest BCUT2D eigenvalue weighted by molar-refractivity contribution is 0.588. The van der Waals surface area contributed by atoms with E-state index in [4.69, 9.17) is 0 Å². The SMILES string of the molecule is Cc1cccc(C)c1CSc1ccc(CNC(C)C)cc1. The second kappa shape index (κ2) is 7.67. The summed E-state index contributed by atoms with van der Waals surface area (Å²) in [5.74, 6) is 1.04. The van der Waals surface area contributed by atoms with Gasteiger partial charge in [-0.3, -0.25) is 0 Å². The Hall–Kier alpha value is -1.25. The lowest BCUT2D eigenvalue weighted by atomic mass is 10.1. The smallest absolute Gasteiger partial charge is 0.0237 e. The summed E-state index contributed by atoms with van der Waals surface area (Å²) >= 11 is 1.91. The van der Waals surface area contributed by atoms with Gasteiger partial charge in [0.05, 0.1) is 0 Å². The van der Waals surface area contributed by atoms with Crippen LogP contribution in [0.3, 0.4) is 0 Å². The van der Waals surface area contributed by atoms with Crippen LogP contribution < -0.4 is 5.32 Å². The number of hydrogen-bond acceptors (Lipinski definition) is 2. The molecule has 2 heteroatoms. The Balaban J connectivity index is 1.95. The summed E-state index contributed by atoms with van der Waals surface area (Å²) in [5.41, 5.74) is 5.59. The molecule has 2 rings (SSSR count). The number of nitrogens with one attached hydrogen (secondary N) is 1. The van der Waals surface area contributed by atoms with Crippen molar-refractivity contribution in [2.24, 2.45) is 0 Å². The molecule has 0 fully saturated rings. The number of benzene rings is 2. The Morgan fingerprint density at radius 3 is 2.14 bits per heavy atom. The van der Waals surface area contributed by atoms with Crippen LogP contribution in [0, 0.1) is 13.8 Å². The van der Waals surface area contributed by atoms with Gasteiger partial charge in [0, 0.05) is 23.2 Å². The standard InChI is InChI=1S/C19H25NS/c1-14(2)20-12-17-8-10-18(11-9-17)21-13-19-15(3)6-5-7-16(19)4/h5-11,14,20H,12-13H2,1-4H3. The Morgan fingerprint density at radius 2 is 1.57 bits per heavy atom. The summed E-state index contributed by atoms with van der Waals surface area (Å²) in [7, 11) is 0. The highest BCUT2D eigenvalue weighted by molar-refractivity contribution is 7.98. The molecule has 2 aromatic carbocycles. The van der Waals surface area contributed by atoms with Crippen LogP contribution in [-0.2, 0) is 12.3 Å². The summed E-state index contributed by atoms with van der Waals surface area (Å²) in [5, 5.41) is 3.45. The second-order valence-electron chi connectivity index (χ2n) is 5.84. The molecule has 112 valence electrons. The molecule has 0 aliphatic rings. The summed E-state index contributed by atoms with van der Waals surface area (Å²) in [6.45, 7) is 9.69. The van der Waals surface area contributed by atoms with Crippen molar-refractivity contribution in [3.63, 3.8) is 0 Å². The van der Waals surface area contributed by atoms with Crippen molar-refractivity contribution in [2.75, 3.05) is 0 Å². The van der Waals surface area contributed by atoms with Gasteiger partial charge in [0.2, 0.25) is 0 Å². The fourth-order valence-corrected chi connectivity index (χ4v) is 3.35. The van der Waals surface area contributed by atoms with Crippen LogP contribution in [0.5, 0.6) is 0 Å². The predicted octanol–water partition coefficient (Wildman–Crippen LogP) is 5.09. The minimum atomic E-state index is 0.531. The molecular formula is C19H25NS. The Morgan fingerprint density at radius 1 is 0.952 bits per heavy atom. The van der Waals surface area contributed by atoms with E-state index in [0.717, 1.165) is 12.3 Å². The fraction of sp³-hybridized carbons (Fsp3) is 0.368. The van der Waals surface area contributed by atoms with Crippen molar-refractivity contribution < 1.29 is 0 Å². The maximum absolute atomic E-state index is 3.45. The monoisotopic (exact) mass is 299 g/mol. The Kier molecular flexibility index (Phi) is 5.89. The van der Waals surface area contributed by atoms with Crippen LogP contribution in [0.4, 0.5) is 0 Å². The molecule has 0 aliphatic heterocycles. The van der Waals surface area contributed by atoms with Crippen LogP contribution in [0.2, 0.25) is 0 Å². The van der Waals surface area contributed by atoms with Gasteiger partial charge < -0.3 is 5.32 Å². The lowest BCUT2D eigenvalue weighted by Crippen LogP contribution is -2.21. The molecule has 0 bridgehead atoms. The zero-order chi connectivity index (χ0) is 15.2. The third-order valence-corrected chi connectivity index (χ3v) is 4.70. The van der Waals surface area contributed by atoms with E-state index in [-0.39, 0.29) is 0 Å². The van der Waals surface area contributed by atoms with Crippen LogP contribution >= 0.6 is 11.8 Å². The van der Waals surface area contributed by atoms with Crippen molar-refractivity contribution in [2.45, 2.75) is 50.9 Å². The average molecular weight is 299 g/mol. The van der Waals surface area contributed by atoms with Crippen molar-refractivity contribution in [1.29, 1.82) is 0 Å². The van der Waals surface area contributed by atoms with Gasteiger partial charge in [-0.05, 0) is 48.2 Å². The molecule has 0 radical (unpaired) electrons. The topological polar surface area (TPSA) is 12.0 Å². The summed E-state index contributed by atoms with van der Waals surface area (Å²) in [6.07, 6.45) is 0. The normalized spacial score (nSPS) is 11.1. The summed E-state index contributed by atoms with van der Waals surface area (Å²) in [6, 6.07) is 16.0. The van der Waals surface area contributed by atoms with Gasteiger partial charge in [-0.2, -0.15) is 0 Å². The molecule has 0 heterocycles. The molecule has 21 heavy (non-hydrogen) atoms. The molecule has 0 amide bonds. The van der Waals surface area contributed by atoms with E-state index in [0.29, 0.717) is 6.04 Å². The Bertz CT molecular complexity index is 552. The highest BCUT2D eigenvalue weighted by atomic mass is 32.2. The molecule has 1 nitrogen and oxygen atoms in total. The number of hydrogen-bond donors (Lipinski definition) is 1. The van der Waals surface area contributed by atoms with Gasteiger partial charge in [0.25, 0.3) is 0 Å². The van der Waals surface area contributed by atoms with Gasteiger partial charge >= 0.3 is 0 Å². The highest BCUT2D eigenvalue weighted by Crippen LogP contribution is 2.26. The zero-order valence-electron chi connectivity index (χ0n) is 13.4. The lowest BCUT2D eigenvalue weighted by Gasteiger charge is -2.10. The predicted molar refractivity (Wildman–Crippen MR) is 93.9 cm³/mol. The van der Waals surface area contributed by atoms with Crippen molar-refractivity contribution in [3.8, 4) is 0 Å². The van der Waals surface area contributed by atoms with E-state index in [2.05, 4.69) is 75.5 Å². The van der Waals surface area contributed by atoms with Crippen molar-refractivity contribution in [1.82, 2.24) is 5.32 Å². The van der Waals surface area contributed by atoms with E-state index >= 15 is 0 Å². The third kappa shape index (κ3) is 4.90. The van der Waals surface area contributed by atoms with E-state index in [1.807, 2.05) is 11.8 Å². The summed E-state index contributed by atoms with van der Waals surface area (Å²) in [4.78, 5) is 1.34. The fourth-order valence-electron chi connectivity index (χ4n) is 2.26.